The van der Waals surface area contributed by atoms with Gasteiger partial charge in [-0.05, 0) is 35.9 Å². The molecule has 3 aromatic rings. The van der Waals surface area contributed by atoms with E-state index in [9.17, 15) is 57.8 Å². The average Bonchev–Trinajstić information content (AvgIpc) is 2.87. The lowest BCUT2D eigenvalue weighted by Crippen LogP contribution is -2.41. The maximum atomic E-state index is 13.9. The van der Waals surface area contributed by atoms with Gasteiger partial charge in [0.15, 0.2) is 6.10 Å². The summed E-state index contributed by atoms with van der Waals surface area (Å²) in [7, 11) is 0. The Balaban J connectivity index is 1.91. The molecule has 3 aromatic carbocycles. The largest absolute Gasteiger partial charge is 0.461 e. The lowest BCUT2D eigenvalue weighted by atomic mass is 10.0. The molecule has 42 heavy (non-hydrogen) atoms. The minimum atomic E-state index is -5.94. The van der Waals surface area contributed by atoms with Crippen molar-refractivity contribution in [1.29, 1.82) is 0 Å². The smallest absolute Gasteiger partial charge is 0.457 e. The van der Waals surface area contributed by atoms with Crippen LogP contribution in [0.3, 0.4) is 0 Å². The van der Waals surface area contributed by atoms with Gasteiger partial charge >= 0.3 is 30.8 Å². The zero-order valence-electron chi connectivity index (χ0n) is 20.7. The number of hydrogen-bond donors (Lipinski definition) is 1. The van der Waals surface area contributed by atoms with Gasteiger partial charge in [0, 0.05) is 29.9 Å². The molecule has 0 aliphatic heterocycles. The highest BCUT2D eigenvalue weighted by molar-refractivity contribution is 5.52. The maximum Gasteiger partial charge on any atom is 0.461 e. The Bertz CT molecular complexity index is 1340. The van der Waals surface area contributed by atoms with E-state index in [4.69, 9.17) is 4.74 Å². The molecule has 0 aromatic heterocycles. The molecule has 0 spiro atoms. The van der Waals surface area contributed by atoms with Gasteiger partial charge < -0.3 is 19.5 Å². The quantitative estimate of drug-likeness (QED) is 0.219. The summed E-state index contributed by atoms with van der Waals surface area (Å²) in [6.45, 7) is -1.86. The number of aliphatic hydroxyl groups excluding tert-OH is 1. The van der Waals surface area contributed by atoms with Crippen LogP contribution in [0.1, 0.15) is 11.1 Å². The second-order valence-electron chi connectivity index (χ2n) is 8.75. The molecule has 0 unspecified atom stereocenters. The summed E-state index contributed by atoms with van der Waals surface area (Å²) in [4.78, 5) is 0.832. The molecule has 0 heterocycles. The summed E-state index contributed by atoms with van der Waals surface area (Å²) < 4.78 is 166. The first-order valence-corrected chi connectivity index (χ1v) is 11.6. The third kappa shape index (κ3) is 8.14. The van der Waals surface area contributed by atoms with E-state index in [0.717, 1.165) is 41.3 Å². The summed E-state index contributed by atoms with van der Waals surface area (Å²) >= 11 is 0. The number of benzene rings is 3. The number of nitrogens with zero attached hydrogens (tertiary/aromatic N) is 1. The molecule has 0 amide bonds. The number of rotatable bonds is 11. The van der Waals surface area contributed by atoms with Gasteiger partial charge in [0.05, 0.1) is 6.54 Å². The van der Waals surface area contributed by atoms with Crippen LogP contribution in [0, 0.1) is 0 Å². The standard InChI is InChI=1S/C26H19F12NO3/c27-22(28)25(34,35)42-20-9-3-8-19(12-20)41-18-7-2-6-17(11-18)39(14-21(40)24(31,32)33)13-15-4-1-5-16(10-15)23(29,30)26(36,37)38/h1-12,21-22,40H,13-14H2/t21-/m1/s1. The number of ether oxygens (including phenoxy) is 2. The maximum absolute atomic E-state index is 13.9. The molecule has 0 saturated carbocycles. The van der Waals surface area contributed by atoms with Crippen molar-refractivity contribution < 1.29 is 67.3 Å². The third-order valence-electron chi connectivity index (χ3n) is 5.52. The van der Waals surface area contributed by atoms with Gasteiger partial charge in [-0.15, -0.1) is 0 Å². The van der Waals surface area contributed by atoms with E-state index in [1.54, 1.807) is 0 Å². The topological polar surface area (TPSA) is 41.9 Å². The van der Waals surface area contributed by atoms with Gasteiger partial charge in [-0.1, -0.05) is 30.3 Å². The van der Waals surface area contributed by atoms with Crippen molar-refractivity contribution in [2.75, 3.05) is 11.4 Å². The average molecular weight is 621 g/mol. The first kappa shape index (κ1) is 32.7. The van der Waals surface area contributed by atoms with E-state index >= 15 is 0 Å². The van der Waals surface area contributed by atoms with E-state index < -0.39 is 61.3 Å². The lowest BCUT2D eigenvalue weighted by molar-refractivity contribution is -0.289. The molecule has 0 radical (unpaired) electrons. The van der Waals surface area contributed by atoms with Crippen LogP contribution in [-0.2, 0) is 12.5 Å². The second kappa shape index (κ2) is 12.2. The number of hydrogen-bond acceptors (Lipinski definition) is 4. The van der Waals surface area contributed by atoms with Crippen molar-refractivity contribution in [3.8, 4) is 17.2 Å². The van der Waals surface area contributed by atoms with Crippen LogP contribution in [0.5, 0.6) is 17.2 Å². The third-order valence-corrected chi connectivity index (χ3v) is 5.52. The summed E-state index contributed by atoms with van der Waals surface area (Å²) in [6, 6.07) is 11.8. The predicted molar refractivity (Wildman–Crippen MR) is 124 cm³/mol. The fourth-order valence-corrected chi connectivity index (χ4v) is 3.51. The molecule has 0 bridgehead atoms. The number of anilines is 1. The van der Waals surface area contributed by atoms with Crippen molar-refractivity contribution in [2.24, 2.45) is 0 Å². The Morgan fingerprint density at radius 3 is 1.88 bits per heavy atom. The van der Waals surface area contributed by atoms with Crippen molar-refractivity contribution in [1.82, 2.24) is 0 Å². The SMILES string of the molecule is O[C@H](CN(Cc1cccc(C(F)(F)C(F)(F)F)c1)c1cccc(Oc2cccc(OC(F)(F)C(F)F)c2)c1)C(F)(F)F. The Labute approximate surface area is 229 Å². The van der Waals surface area contributed by atoms with Crippen molar-refractivity contribution >= 4 is 5.69 Å². The van der Waals surface area contributed by atoms with Gasteiger partial charge in [0.2, 0.25) is 0 Å². The van der Waals surface area contributed by atoms with Gasteiger partial charge in [0.1, 0.15) is 17.2 Å². The lowest BCUT2D eigenvalue weighted by Gasteiger charge is -2.29. The molecule has 4 nitrogen and oxygen atoms in total. The van der Waals surface area contributed by atoms with Crippen molar-refractivity contribution in [3.63, 3.8) is 0 Å². The van der Waals surface area contributed by atoms with Crippen LogP contribution < -0.4 is 14.4 Å². The summed E-state index contributed by atoms with van der Waals surface area (Å²) in [6.07, 6.45) is -23.0. The second-order valence-corrected chi connectivity index (χ2v) is 8.75. The molecule has 1 atom stereocenters. The predicted octanol–water partition coefficient (Wildman–Crippen LogP) is 8.30. The minimum Gasteiger partial charge on any atom is -0.457 e. The minimum absolute atomic E-state index is 0.125. The Morgan fingerprint density at radius 2 is 1.29 bits per heavy atom. The molecule has 3 rings (SSSR count). The molecule has 0 aliphatic rings. The van der Waals surface area contributed by atoms with Crippen molar-refractivity contribution in [3.05, 3.63) is 83.9 Å². The van der Waals surface area contributed by atoms with E-state index in [2.05, 4.69) is 4.74 Å². The van der Waals surface area contributed by atoms with E-state index in [1.807, 2.05) is 0 Å². The van der Waals surface area contributed by atoms with Crippen LogP contribution in [0.25, 0.3) is 0 Å². The van der Waals surface area contributed by atoms with E-state index in [1.165, 1.54) is 24.3 Å². The molecular formula is C26H19F12NO3. The number of aliphatic hydroxyl groups is 1. The molecule has 230 valence electrons. The van der Waals surface area contributed by atoms with Crippen LogP contribution in [-0.4, -0.2) is 42.6 Å². The van der Waals surface area contributed by atoms with Gasteiger partial charge in [-0.3, -0.25) is 0 Å². The summed E-state index contributed by atoms with van der Waals surface area (Å²) in [5, 5.41) is 9.66. The molecular weight excluding hydrogens is 602 g/mol. The van der Waals surface area contributed by atoms with Crippen LogP contribution >= 0.6 is 0 Å². The van der Waals surface area contributed by atoms with Crippen molar-refractivity contribution in [2.45, 2.75) is 43.5 Å². The van der Waals surface area contributed by atoms with Crippen LogP contribution in [0.2, 0.25) is 0 Å². The first-order valence-electron chi connectivity index (χ1n) is 11.6. The number of alkyl halides is 12. The summed E-state index contributed by atoms with van der Waals surface area (Å²) in [5.41, 5.74) is -1.84. The zero-order valence-corrected chi connectivity index (χ0v) is 20.7. The fraction of sp³-hybridized carbons (Fsp3) is 0.308. The molecule has 0 aliphatic carbocycles. The first-order chi connectivity index (χ1) is 19.3. The highest BCUT2D eigenvalue weighted by Crippen LogP contribution is 2.44. The molecule has 0 saturated heterocycles. The zero-order chi connectivity index (χ0) is 31.5. The highest BCUT2D eigenvalue weighted by atomic mass is 19.4. The Hall–Kier alpha value is -3.82. The molecule has 0 fully saturated rings. The monoisotopic (exact) mass is 621 g/mol. The van der Waals surface area contributed by atoms with E-state index in [0.29, 0.717) is 12.1 Å². The number of halogens is 12. The fourth-order valence-electron chi connectivity index (χ4n) is 3.51. The van der Waals surface area contributed by atoms with Gasteiger partial charge in [0.25, 0.3) is 0 Å². The van der Waals surface area contributed by atoms with Crippen LogP contribution in [0.15, 0.2) is 72.8 Å². The Morgan fingerprint density at radius 1 is 0.714 bits per heavy atom. The molecule has 16 heteroatoms. The Kier molecular flexibility index (Phi) is 9.49. The van der Waals surface area contributed by atoms with Crippen LogP contribution in [0.4, 0.5) is 58.4 Å². The summed E-state index contributed by atoms with van der Waals surface area (Å²) in [5.74, 6) is -6.34. The highest BCUT2D eigenvalue weighted by Gasteiger charge is 2.58. The molecule has 1 N–H and O–H groups in total. The van der Waals surface area contributed by atoms with Gasteiger partial charge in [-0.2, -0.15) is 52.7 Å². The van der Waals surface area contributed by atoms with Gasteiger partial charge in [-0.25, -0.2) is 0 Å². The van der Waals surface area contributed by atoms with E-state index in [-0.39, 0.29) is 22.7 Å². The normalized spacial score (nSPS) is 13.7.